The van der Waals surface area contributed by atoms with Crippen LogP contribution in [0.3, 0.4) is 0 Å². The summed E-state index contributed by atoms with van der Waals surface area (Å²) in [6, 6.07) is 5.61. The smallest absolute Gasteiger partial charge is 0.276 e. The topological polar surface area (TPSA) is 58.8 Å². The number of nitrogens with zero attached hydrogens (tertiary/aromatic N) is 3. The van der Waals surface area contributed by atoms with Gasteiger partial charge in [-0.25, -0.2) is 0 Å². The Balaban J connectivity index is 1.62. The lowest BCUT2D eigenvalue weighted by molar-refractivity contribution is 0.0727. The third kappa shape index (κ3) is 4.02. The molecule has 2 aromatic rings. The summed E-state index contributed by atoms with van der Waals surface area (Å²) >= 11 is 6.17. The Morgan fingerprint density at radius 1 is 1.38 bits per heavy atom. The first-order chi connectivity index (χ1) is 12.3. The van der Waals surface area contributed by atoms with Gasteiger partial charge in [-0.3, -0.25) is 4.79 Å². The van der Waals surface area contributed by atoms with Gasteiger partial charge in [0.05, 0.1) is 0 Å². The average Bonchev–Trinajstić information content (AvgIpc) is 3.25. The normalized spacial score (nSPS) is 17.5. The van der Waals surface area contributed by atoms with Gasteiger partial charge in [0.2, 0.25) is 0 Å². The fourth-order valence-corrected chi connectivity index (χ4v) is 3.31. The lowest BCUT2D eigenvalue weighted by Gasteiger charge is -2.23. The Hall–Kier alpha value is -2.05. The van der Waals surface area contributed by atoms with Crippen LogP contribution in [0.15, 0.2) is 22.7 Å². The summed E-state index contributed by atoms with van der Waals surface area (Å²) in [5, 5.41) is 4.65. The molecular weight excluding hydrogens is 354 g/mol. The van der Waals surface area contributed by atoms with Crippen molar-refractivity contribution >= 4 is 17.5 Å². The summed E-state index contributed by atoms with van der Waals surface area (Å²) in [6.07, 6.45) is 0.974. The van der Waals surface area contributed by atoms with Crippen LogP contribution in [0.1, 0.15) is 33.8 Å². The third-order valence-electron chi connectivity index (χ3n) is 4.80. The number of rotatable bonds is 5. The van der Waals surface area contributed by atoms with Crippen molar-refractivity contribution in [1.29, 1.82) is 0 Å². The van der Waals surface area contributed by atoms with E-state index in [1.807, 2.05) is 33.0 Å². The van der Waals surface area contributed by atoms with E-state index in [4.69, 9.17) is 20.9 Å². The second-order valence-electron chi connectivity index (χ2n) is 6.96. The molecule has 1 atom stereocenters. The molecule has 1 fully saturated rings. The number of carbonyl (C=O) groups is 1. The number of carbonyl (C=O) groups excluding carboxylic acids is 1. The molecule has 3 rings (SSSR count). The van der Waals surface area contributed by atoms with Crippen LogP contribution < -0.4 is 4.74 Å². The highest BCUT2D eigenvalue weighted by Crippen LogP contribution is 2.26. The molecule has 1 aliphatic rings. The molecule has 0 bridgehead atoms. The maximum atomic E-state index is 12.6. The lowest BCUT2D eigenvalue weighted by Crippen LogP contribution is -2.38. The number of aryl methyl sites for hydroxylation is 2. The molecule has 6 nitrogen and oxygen atoms in total. The summed E-state index contributed by atoms with van der Waals surface area (Å²) in [6.45, 7) is 5.95. The molecule has 1 aromatic carbocycles. The molecule has 7 heteroatoms. The van der Waals surface area contributed by atoms with Crippen molar-refractivity contribution in [2.45, 2.75) is 32.9 Å². The summed E-state index contributed by atoms with van der Waals surface area (Å²) in [7, 11) is 3.88. The van der Waals surface area contributed by atoms with E-state index >= 15 is 0 Å². The van der Waals surface area contributed by atoms with Crippen molar-refractivity contribution in [3.8, 4) is 5.75 Å². The van der Waals surface area contributed by atoms with Crippen molar-refractivity contribution in [2.24, 2.45) is 0 Å². The van der Waals surface area contributed by atoms with E-state index in [0.717, 1.165) is 35.7 Å². The number of likely N-dealkylation sites (N-methyl/N-ethyl adjacent to an activating group) is 2. The van der Waals surface area contributed by atoms with Crippen molar-refractivity contribution < 1.29 is 14.1 Å². The Labute approximate surface area is 158 Å². The van der Waals surface area contributed by atoms with Gasteiger partial charge in [0.25, 0.3) is 5.91 Å². The van der Waals surface area contributed by atoms with Crippen molar-refractivity contribution in [3.05, 3.63) is 45.8 Å². The fraction of sp³-hybridized carbons (Fsp3) is 0.474. The largest absolute Gasteiger partial charge is 0.486 e. The van der Waals surface area contributed by atoms with Gasteiger partial charge in [0.1, 0.15) is 12.4 Å². The number of hydrogen-bond acceptors (Lipinski definition) is 5. The van der Waals surface area contributed by atoms with Gasteiger partial charge in [0.15, 0.2) is 11.5 Å². The number of hydrogen-bond donors (Lipinski definition) is 0. The lowest BCUT2D eigenvalue weighted by atomic mass is 10.1. The molecule has 0 N–H and O–H groups in total. The summed E-state index contributed by atoms with van der Waals surface area (Å²) in [5.41, 5.74) is 2.22. The van der Waals surface area contributed by atoms with Crippen LogP contribution in [0.4, 0.5) is 0 Å². The van der Waals surface area contributed by atoms with Crippen LogP contribution in [0.25, 0.3) is 0 Å². The zero-order chi connectivity index (χ0) is 18.8. The minimum Gasteiger partial charge on any atom is -0.486 e. The average molecular weight is 378 g/mol. The van der Waals surface area contributed by atoms with Gasteiger partial charge in [-0.15, -0.1) is 0 Å². The van der Waals surface area contributed by atoms with Gasteiger partial charge < -0.3 is 19.1 Å². The minimum atomic E-state index is -0.126. The molecule has 1 aliphatic heterocycles. The molecule has 0 aliphatic carbocycles. The molecule has 2 heterocycles. The molecule has 1 saturated heterocycles. The van der Waals surface area contributed by atoms with Crippen LogP contribution in [0.5, 0.6) is 5.75 Å². The molecule has 0 radical (unpaired) electrons. The molecule has 26 heavy (non-hydrogen) atoms. The number of benzene rings is 1. The Morgan fingerprint density at radius 2 is 2.08 bits per heavy atom. The van der Waals surface area contributed by atoms with Crippen LogP contribution in [-0.4, -0.2) is 54.1 Å². The Kier molecular flexibility index (Phi) is 5.53. The zero-order valence-electron chi connectivity index (χ0n) is 15.6. The van der Waals surface area contributed by atoms with Gasteiger partial charge in [0, 0.05) is 30.7 Å². The SMILES string of the molecule is Cc1cc(OCc2cc(C(=O)N(C)[C@H]3CCN(C)C3)no2)cc(C)c1Cl. The standard InChI is InChI=1S/C19H24ClN3O3/c1-12-7-15(8-13(2)18(12)20)25-11-16-9-17(21-26-16)19(24)23(4)14-5-6-22(3)10-14/h7-9,14H,5-6,10-11H2,1-4H3/t14-/m0/s1. The molecule has 140 valence electrons. The predicted molar refractivity (Wildman–Crippen MR) is 99.8 cm³/mol. The van der Waals surface area contributed by atoms with Gasteiger partial charge >= 0.3 is 0 Å². The maximum Gasteiger partial charge on any atom is 0.276 e. The monoisotopic (exact) mass is 377 g/mol. The van der Waals surface area contributed by atoms with E-state index in [1.165, 1.54) is 0 Å². The quantitative estimate of drug-likeness (QED) is 0.800. The maximum absolute atomic E-state index is 12.6. The highest BCUT2D eigenvalue weighted by atomic mass is 35.5. The molecule has 1 aromatic heterocycles. The Bertz CT molecular complexity index is 782. The van der Waals surface area contributed by atoms with Crippen molar-refractivity contribution in [2.75, 3.05) is 27.2 Å². The third-order valence-corrected chi connectivity index (χ3v) is 5.40. The Morgan fingerprint density at radius 3 is 2.69 bits per heavy atom. The molecule has 1 amide bonds. The number of halogens is 1. The predicted octanol–water partition coefficient (Wildman–Crippen LogP) is 3.30. The summed E-state index contributed by atoms with van der Waals surface area (Å²) in [4.78, 5) is 16.5. The first-order valence-corrected chi connectivity index (χ1v) is 9.03. The second kappa shape index (κ2) is 7.68. The van der Waals surface area contributed by atoms with Crippen molar-refractivity contribution in [1.82, 2.24) is 15.0 Å². The van der Waals surface area contributed by atoms with E-state index in [-0.39, 0.29) is 18.6 Å². The molecule has 0 spiro atoms. The van der Waals surface area contributed by atoms with Gasteiger partial charge in [-0.2, -0.15) is 0 Å². The van der Waals surface area contributed by atoms with E-state index in [2.05, 4.69) is 17.1 Å². The first kappa shape index (κ1) is 18.7. The molecular formula is C19H24ClN3O3. The number of likely N-dealkylation sites (tertiary alicyclic amines) is 1. The van der Waals surface area contributed by atoms with Crippen molar-refractivity contribution in [3.63, 3.8) is 0 Å². The van der Waals surface area contributed by atoms with Crippen LogP contribution in [0.2, 0.25) is 5.02 Å². The number of ether oxygens (including phenoxy) is 1. The van der Waals surface area contributed by atoms with Gasteiger partial charge in [-0.05, 0) is 57.1 Å². The van der Waals surface area contributed by atoms with Gasteiger partial charge in [-0.1, -0.05) is 16.8 Å². The first-order valence-electron chi connectivity index (χ1n) is 8.66. The minimum absolute atomic E-state index is 0.126. The highest BCUT2D eigenvalue weighted by Gasteiger charge is 2.28. The fourth-order valence-electron chi connectivity index (χ4n) is 3.20. The summed E-state index contributed by atoms with van der Waals surface area (Å²) < 4.78 is 11.0. The van der Waals surface area contributed by atoms with E-state index < -0.39 is 0 Å². The van der Waals surface area contributed by atoms with Crippen LogP contribution in [-0.2, 0) is 6.61 Å². The molecule has 0 saturated carbocycles. The van der Waals surface area contributed by atoms with Crippen LogP contribution in [0, 0.1) is 13.8 Å². The number of amides is 1. The number of aromatic nitrogens is 1. The molecule has 0 unspecified atom stereocenters. The van der Waals surface area contributed by atoms with Crippen LogP contribution >= 0.6 is 11.6 Å². The zero-order valence-corrected chi connectivity index (χ0v) is 16.3. The summed E-state index contributed by atoms with van der Waals surface area (Å²) in [5.74, 6) is 1.09. The van der Waals surface area contributed by atoms with E-state index in [0.29, 0.717) is 17.2 Å². The second-order valence-corrected chi connectivity index (χ2v) is 7.34. The van der Waals surface area contributed by atoms with E-state index in [1.54, 1.807) is 11.0 Å². The highest BCUT2D eigenvalue weighted by molar-refractivity contribution is 6.32. The van der Waals surface area contributed by atoms with E-state index in [9.17, 15) is 4.79 Å².